The Morgan fingerprint density at radius 1 is 0.338 bits per heavy atom. The number of fused-ring (bicyclic) bond motifs is 14. The summed E-state index contributed by atoms with van der Waals surface area (Å²) in [5.74, 6) is 0. The number of nitrogens with zero attached hydrogens (tertiary/aromatic N) is 3. The first-order valence-electron chi connectivity index (χ1n) is 23.5. The fourth-order valence-corrected chi connectivity index (χ4v) is 13.4. The van der Waals surface area contributed by atoms with Crippen molar-refractivity contribution in [3.63, 3.8) is 0 Å². The average molecular weight is 908 g/mol. The summed E-state index contributed by atoms with van der Waals surface area (Å²) in [4.78, 5) is 7.56. The van der Waals surface area contributed by atoms with Gasteiger partial charge in [-0.3, -0.25) is 0 Å². The number of hydrogen-bond acceptors (Lipinski definition) is 5. The number of benzene rings is 11. The Balaban J connectivity index is 1.18. The Bertz CT molecular complexity index is 3940. The normalized spacial score (nSPS) is 13.2. The van der Waals surface area contributed by atoms with E-state index >= 15 is 0 Å². The van der Waals surface area contributed by atoms with Gasteiger partial charge in [-0.2, -0.15) is 0 Å². The standard InChI is InChI=1S/C63H45N3S2/c1-38-25-29-42(30-26-38)64-43-13-9-15-45(35-43)65(53-21-11-19-49-47-17-5-7-23-57(47)67-61(49)53)55-37-56(52-32-28-40-34-41(63(2,3)4)33-39-27-31-51(55)60(52)59(39)40)66(46-16-10-14-44(64)36-46)54-22-12-20-50-48-18-6-8-24-58(48)68-62(50)54/h5-37H,1-4H3. The Labute approximate surface area is 403 Å². The maximum atomic E-state index is 2.57. The first-order chi connectivity index (χ1) is 33.2. The van der Waals surface area contributed by atoms with Crippen molar-refractivity contribution in [3.05, 3.63) is 211 Å². The topological polar surface area (TPSA) is 9.72 Å². The zero-order chi connectivity index (χ0) is 45.4. The van der Waals surface area contributed by atoms with Gasteiger partial charge in [0.2, 0.25) is 0 Å². The minimum Gasteiger partial charge on any atom is -0.310 e. The third-order valence-corrected chi connectivity index (χ3v) is 16.7. The van der Waals surface area contributed by atoms with Crippen LogP contribution < -0.4 is 14.7 Å². The molecule has 68 heavy (non-hydrogen) atoms. The molecule has 3 nitrogen and oxygen atoms in total. The van der Waals surface area contributed by atoms with Gasteiger partial charge in [0.05, 0.1) is 32.1 Å². The lowest BCUT2D eigenvalue weighted by atomic mass is 9.83. The van der Waals surface area contributed by atoms with E-state index in [1.54, 1.807) is 0 Å². The van der Waals surface area contributed by atoms with Crippen LogP contribution in [0.5, 0.6) is 0 Å². The van der Waals surface area contributed by atoms with Gasteiger partial charge in [0.1, 0.15) is 0 Å². The Morgan fingerprint density at radius 2 is 0.794 bits per heavy atom. The van der Waals surface area contributed by atoms with Crippen LogP contribution in [0.2, 0.25) is 0 Å². The smallest absolute Gasteiger partial charge is 0.0640 e. The van der Waals surface area contributed by atoms with Gasteiger partial charge in [-0.05, 0) is 113 Å². The van der Waals surface area contributed by atoms with Gasteiger partial charge in [0.25, 0.3) is 0 Å². The molecule has 0 spiro atoms. The Hall–Kier alpha value is -7.70. The van der Waals surface area contributed by atoms with Crippen molar-refractivity contribution in [2.24, 2.45) is 0 Å². The number of anilines is 9. The van der Waals surface area contributed by atoms with Gasteiger partial charge in [-0.25, -0.2) is 0 Å². The number of rotatable bonds is 3. The van der Waals surface area contributed by atoms with E-state index in [-0.39, 0.29) is 5.41 Å². The minimum atomic E-state index is -0.00348. The quantitative estimate of drug-likeness (QED) is 0.164. The summed E-state index contributed by atoms with van der Waals surface area (Å²) in [6, 6.07) is 75.7. The van der Waals surface area contributed by atoms with E-state index in [1.165, 1.54) is 83.8 Å². The summed E-state index contributed by atoms with van der Waals surface area (Å²) in [6.07, 6.45) is 0. The lowest BCUT2D eigenvalue weighted by Crippen LogP contribution is -2.17. The second kappa shape index (κ2) is 14.6. The van der Waals surface area contributed by atoms with Crippen molar-refractivity contribution in [2.45, 2.75) is 33.1 Å². The second-order valence-corrected chi connectivity index (χ2v) is 21.6. The van der Waals surface area contributed by atoms with Crippen molar-refractivity contribution in [3.8, 4) is 0 Å². The van der Waals surface area contributed by atoms with Crippen molar-refractivity contribution in [1.82, 2.24) is 0 Å². The summed E-state index contributed by atoms with van der Waals surface area (Å²) >= 11 is 3.77. The van der Waals surface area contributed by atoms with Crippen LogP contribution in [0.15, 0.2) is 200 Å². The predicted molar refractivity (Wildman–Crippen MR) is 297 cm³/mol. The van der Waals surface area contributed by atoms with Crippen molar-refractivity contribution >= 4 is 147 Å². The minimum absolute atomic E-state index is 0.00348. The van der Waals surface area contributed by atoms with E-state index in [4.69, 9.17) is 0 Å². The van der Waals surface area contributed by atoms with E-state index in [1.807, 2.05) is 22.7 Å². The fraction of sp³-hybridized carbons (Fsp3) is 0.0794. The van der Waals surface area contributed by atoms with Crippen LogP contribution in [0.25, 0.3) is 72.7 Å². The molecule has 0 aliphatic carbocycles. The molecule has 6 bridgehead atoms. The van der Waals surface area contributed by atoms with Crippen LogP contribution >= 0.6 is 22.7 Å². The van der Waals surface area contributed by atoms with E-state index in [0.29, 0.717) is 0 Å². The molecular formula is C63H45N3S2. The maximum Gasteiger partial charge on any atom is 0.0640 e. The molecule has 5 heteroatoms. The second-order valence-electron chi connectivity index (χ2n) is 19.4. The van der Waals surface area contributed by atoms with Crippen LogP contribution in [0.4, 0.5) is 51.2 Å². The van der Waals surface area contributed by atoms with Crippen LogP contribution in [-0.2, 0) is 5.41 Å². The predicted octanol–water partition coefficient (Wildman–Crippen LogP) is 19.6. The van der Waals surface area contributed by atoms with E-state index in [9.17, 15) is 0 Å². The van der Waals surface area contributed by atoms with Crippen LogP contribution in [0.3, 0.4) is 0 Å². The van der Waals surface area contributed by atoms with Gasteiger partial charge in [-0.1, -0.05) is 148 Å². The first-order valence-corrected chi connectivity index (χ1v) is 25.1. The van der Waals surface area contributed by atoms with E-state index < -0.39 is 0 Å². The van der Waals surface area contributed by atoms with Crippen molar-refractivity contribution in [1.29, 1.82) is 0 Å². The molecule has 3 heterocycles. The zero-order valence-electron chi connectivity index (χ0n) is 38.2. The first kappa shape index (κ1) is 39.5. The van der Waals surface area contributed by atoms with E-state index in [2.05, 4.69) is 243 Å². The molecule has 0 unspecified atom stereocenters. The monoisotopic (exact) mass is 907 g/mol. The zero-order valence-corrected chi connectivity index (χ0v) is 39.8. The summed E-state index contributed by atoms with van der Waals surface area (Å²) in [5.41, 5.74) is 12.6. The van der Waals surface area contributed by atoms with Crippen molar-refractivity contribution in [2.75, 3.05) is 14.7 Å². The highest BCUT2D eigenvalue weighted by atomic mass is 32.1. The highest BCUT2D eigenvalue weighted by molar-refractivity contribution is 7.26. The summed E-state index contributed by atoms with van der Waals surface area (Å²) in [7, 11) is 0. The number of aryl methyl sites for hydroxylation is 1. The van der Waals surface area contributed by atoms with Gasteiger partial charge in [-0.15, -0.1) is 22.7 Å². The summed E-state index contributed by atoms with van der Waals surface area (Å²) < 4.78 is 5.10. The molecule has 0 saturated heterocycles. The highest BCUT2D eigenvalue weighted by Crippen LogP contribution is 2.55. The molecule has 1 aliphatic rings. The molecule has 0 fully saturated rings. The van der Waals surface area contributed by atoms with Crippen LogP contribution in [0, 0.1) is 6.92 Å². The Kier molecular flexibility index (Phi) is 8.50. The molecule has 14 rings (SSSR count). The lowest BCUT2D eigenvalue weighted by Gasteiger charge is -2.35. The highest BCUT2D eigenvalue weighted by Gasteiger charge is 2.29. The van der Waals surface area contributed by atoms with Gasteiger partial charge >= 0.3 is 0 Å². The average Bonchev–Trinajstić information content (AvgIpc) is 3.94. The third kappa shape index (κ3) is 5.89. The number of thiophene rings is 2. The SMILES string of the molecule is Cc1ccc(N2c3cccc(c3)N(c3cccc4c3sc3ccccc34)c3cc(c4ccc5cc(C(C)(C)C)cc6ccc3c4c65)N(c3cccc4c3sc3ccccc34)c3cccc2c3)cc1. The molecule has 324 valence electrons. The summed E-state index contributed by atoms with van der Waals surface area (Å²) in [6.45, 7) is 9.12. The molecule has 0 amide bonds. The molecule has 0 atom stereocenters. The van der Waals surface area contributed by atoms with Crippen LogP contribution in [-0.4, -0.2) is 0 Å². The fourth-order valence-electron chi connectivity index (χ4n) is 11.0. The molecule has 11 aromatic carbocycles. The van der Waals surface area contributed by atoms with Gasteiger partial charge < -0.3 is 14.7 Å². The molecule has 1 aliphatic heterocycles. The van der Waals surface area contributed by atoms with Gasteiger partial charge in [0.15, 0.2) is 0 Å². The summed E-state index contributed by atoms with van der Waals surface area (Å²) in [5, 5.41) is 12.7. The molecule has 0 N–H and O–H groups in total. The molecular weight excluding hydrogens is 863 g/mol. The maximum absolute atomic E-state index is 2.57. The lowest BCUT2D eigenvalue weighted by molar-refractivity contribution is 0.591. The third-order valence-electron chi connectivity index (χ3n) is 14.3. The Morgan fingerprint density at radius 3 is 1.29 bits per heavy atom. The van der Waals surface area contributed by atoms with Gasteiger partial charge in [0, 0.05) is 75.5 Å². The van der Waals surface area contributed by atoms with Crippen LogP contribution in [0.1, 0.15) is 31.9 Å². The largest absolute Gasteiger partial charge is 0.310 e. The molecule has 13 aromatic rings. The molecule has 2 aromatic heterocycles. The molecule has 0 radical (unpaired) electrons. The molecule has 0 saturated carbocycles. The number of hydrogen-bond donors (Lipinski definition) is 0. The van der Waals surface area contributed by atoms with E-state index in [0.717, 1.165) is 51.2 Å². The van der Waals surface area contributed by atoms with Crippen molar-refractivity contribution < 1.29 is 0 Å².